The van der Waals surface area contributed by atoms with Crippen LogP contribution in [0, 0.1) is 16.4 Å². The maximum atomic E-state index is 12.3. The first-order valence-corrected chi connectivity index (χ1v) is 14.9. The molecule has 0 aliphatic carbocycles. The number of esters is 3. The van der Waals surface area contributed by atoms with Crippen molar-refractivity contribution in [1.82, 2.24) is 9.80 Å². The van der Waals surface area contributed by atoms with Gasteiger partial charge in [-0.3, -0.25) is 35.9 Å². The lowest BCUT2D eigenvalue weighted by Gasteiger charge is -2.32. The van der Waals surface area contributed by atoms with E-state index >= 15 is 0 Å². The van der Waals surface area contributed by atoms with Crippen LogP contribution in [0.2, 0.25) is 0 Å². The van der Waals surface area contributed by atoms with Gasteiger partial charge in [-0.25, -0.2) is 0 Å². The quantitative estimate of drug-likeness (QED) is 0.0871. The van der Waals surface area contributed by atoms with E-state index in [0.29, 0.717) is 25.9 Å². The van der Waals surface area contributed by atoms with Crippen molar-refractivity contribution in [3.8, 4) is 0 Å². The number of aliphatic hydroxyl groups excluding tert-OH is 1. The Balaban J connectivity index is 0.000000407. The van der Waals surface area contributed by atoms with Gasteiger partial charge in [-0.1, -0.05) is 65.9 Å². The Hall–Kier alpha value is -3.95. The molecule has 256 valence electrons. The molecule has 4 unspecified atom stereocenters. The first-order chi connectivity index (χ1) is 22.0. The Morgan fingerprint density at radius 2 is 1.22 bits per heavy atom. The molecule has 2 aliphatic rings. The van der Waals surface area contributed by atoms with Gasteiger partial charge in [0.1, 0.15) is 16.9 Å². The number of aliphatic hydroxyl groups is 1. The van der Waals surface area contributed by atoms with Crippen molar-refractivity contribution in [1.29, 1.82) is 5.53 Å². The molecule has 2 aromatic rings. The van der Waals surface area contributed by atoms with Gasteiger partial charge in [0, 0.05) is 33.1 Å². The van der Waals surface area contributed by atoms with Crippen molar-refractivity contribution in [3.05, 3.63) is 71.8 Å². The number of hydrogen-bond acceptors (Lipinski definition) is 13. The Labute approximate surface area is 271 Å². The maximum Gasteiger partial charge on any atom is 0.316 e. The zero-order valence-corrected chi connectivity index (χ0v) is 27.6. The molecule has 0 saturated carbocycles. The number of likely N-dealkylation sites (tertiary alicyclic amines) is 2. The number of hydrogen-bond donors (Lipinski definition) is 5. The van der Waals surface area contributed by atoms with E-state index in [0.717, 1.165) is 26.2 Å². The molecule has 2 heterocycles. The van der Waals surface area contributed by atoms with Gasteiger partial charge in [-0.05, 0) is 50.9 Å². The van der Waals surface area contributed by atoms with Crippen LogP contribution >= 0.6 is 0 Å². The largest absolute Gasteiger partial charge is 0.468 e. The number of nitrogens with zero attached hydrogens (tertiary/aromatic N) is 3. The van der Waals surface area contributed by atoms with E-state index in [-0.39, 0.29) is 17.9 Å². The van der Waals surface area contributed by atoms with Gasteiger partial charge in [-0.2, -0.15) is 5.53 Å². The van der Waals surface area contributed by atoms with E-state index in [2.05, 4.69) is 56.8 Å². The first-order valence-electron chi connectivity index (χ1n) is 14.9. The molecule has 4 rings (SSSR count). The molecule has 0 bridgehead atoms. The standard InChI is InChI=1S/C17H23NO4.C15H21NO3.H3N3.H4N2/c1-13(22-14(2)19)17(16(20)21-3)9-10-18(12-17)11-15-7-5-4-6-8-15;1-12(17)15(14(18)19-2)8-9-16(11-15)10-13-6-4-3-5-7-13;1-3-2;1-2/h4-8,13H,9-12H2,1-3H3;3-7,12,17H,8-11H2,1-2H3;(H3,1,2);1-2H2. The molecule has 2 aliphatic heterocycles. The number of carbonyl (C=O) groups excluding carboxylic acids is 3. The molecule has 0 spiro atoms. The highest BCUT2D eigenvalue weighted by Crippen LogP contribution is 2.38. The van der Waals surface area contributed by atoms with Crippen LogP contribution in [-0.2, 0) is 41.7 Å². The zero-order valence-electron chi connectivity index (χ0n) is 27.6. The van der Waals surface area contributed by atoms with Gasteiger partial charge in [0.05, 0.1) is 20.3 Å². The lowest BCUT2D eigenvalue weighted by atomic mass is 9.81. The zero-order chi connectivity index (χ0) is 34.8. The van der Waals surface area contributed by atoms with E-state index in [9.17, 15) is 19.5 Å². The smallest absolute Gasteiger partial charge is 0.316 e. The second-order valence-corrected chi connectivity index (χ2v) is 11.2. The number of nitrogens with one attached hydrogen (secondary N) is 1. The summed E-state index contributed by atoms with van der Waals surface area (Å²) in [5.41, 5.74) is 6.47. The summed E-state index contributed by atoms with van der Waals surface area (Å²) in [7, 11) is 2.76. The average Bonchev–Trinajstić information content (AvgIpc) is 3.69. The number of ether oxygens (including phenoxy) is 3. The van der Waals surface area contributed by atoms with Crippen molar-refractivity contribution in [2.45, 2.75) is 58.9 Å². The van der Waals surface area contributed by atoms with E-state index in [1.807, 2.05) is 36.4 Å². The summed E-state index contributed by atoms with van der Waals surface area (Å²) in [6, 6.07) is 20.3. The number of methoxy groups -OCH3 is 2. The second-order valence-electron chi connectivity index (χ2n) is 11.2. The summed E-state index contributed by atoms with van der Waals surface area (Å²) in [4.78, 5) is 39.9. The van der Waals surface area contributed by atoms with Gasteiger partial charge < -0.3 is 25.2 Å². The molecule has 2 fully saturated rings. The van der Waals surface area contributed by atoms with Crippen molar-refractivity contribution >= 4 is 17.9 Å². The van der Waals surface area contributed by atoms with Crippen LogP contribution in [0.5, 0.6) is 0 Å². The fourth-order valence-electron chi connectivity index (χ4n) is 5.89. The summed E-state index contributed by atoms with van der Waals surface area (Å²) in [5.74, 6) is 11.1. The third-order valence-electron chi connectivity index (χ3n) is 8.36. The summed E-state index contributed by atoms with van der Waals surface area (Å²) in [6.45, 7) is 9.02. The highest BCUT2D eigenvalue weighted by Gasteiger charge is 2.51. The van der Waals surface area contributed by atoms with Crippen molar-refractivity contribution in [3.63, 3.8) is 0 Å². The normalized spacial score (nSPS) is 21.8. The molecule has 8 N–H and O–H groups in total. The summed E-state index contributed by atoms with van der Waals surface area (Å²) < 4.78 is 15.1. The molecule has 0 radical (unpaired) electrons. The highest BCUT2D eigenvalue weighted by molar-refractivity contribution is 5.79. The van der Waals surface area contributed by atoms with Crippen LogP contribution in [0.25, 0.3) is 0 Å². The average molecular weight is 646 g/mol. The third kappa shape index (κ3) is 11.1. The van der Waals surface area contributed by atoms with Crippen molar-refractivity contribution in [2.24, 2.45) is 33.6 Å². The van der Waals surface area contributed by atoms with Crippen molar-refractivity contribution < 1.29 is 33.7 Å². The van der Waals surface area contributed by atoms with Crippen LogP contribution in [0.4, 0.5) is 0 Å². The molecular formula is C32H51N7O7. The van der Waals surface area contributed by atoms with E-state index in [4.69, 9.17) is 19.7 Å². The Morgan fingerprint density at radius 1 is 0.848 bits per heavy atom. The van der Waals surface area contributed by atoms with Crippen LogP contribution in [0.3, 0.4) is 0 Å². The molecule has 2 saturated heterocycles. The van der Waals surface area contributed by atoms with E-state index in [1.54, 1.807) is 13.8 Å². The fourth-order valence-corrected chi connectivity index (χ4v) is 5.89. The third-order valence-corrected chi connectivity index (χ3v) is 8.36. The SMILES string of the molecule is COC(=O)C1(C(C)O)CCN(Cc2ccccc2)C1.COC(=O)C1(C(C)OC(C)=O)CCN(Cc2ccccc2)C1.N=NN.NN. The number of rotatable bonds is 9. The lowest BCUT2D eigenvalue weighted by Crippen LogP contribution is -2.46. The molecule has 0 aromatic heterocycles. The van der Waals surface area contributed by atoms with Gasteiger partial charge in [-0.15, -0.1) is 0 Å². The number of benzene rings is 2. The molecular weight excluding hydrogens is 594 g/mol. The predicted octanol–water partition coefficient (Wildman–Crippen LogP) is 2.15. The van der Waals surface area contributed by atoms with Gasteiger partial charge in [0.2, 0.25) is 0 Å². The fraction of sp³-hybridized carbons (Fsp3) is 0.531. The summed E-state index contributed by atoms with van der Waals surface area (Å²) >= 11 is 0. The Kier molecular flexibility index (Phi) is 17.6. The topological polar surface area (TPSA) is 220 Å². The highest BCUT2D eigenvalue weighted by atomic mass is 16.6. The Morgan fingerprint density at radius 3 is 1.59 bits per heavy atom. The maximum absolute atomic E-state index is 12.3. The van der Waals surface area contributed by atoms with Crippen LogP contribution < -0.4 is 17.5 Å². The molecule has 4 atom stereocenters. The van der Waals surface area contributed by atoms with E-state index in [1.165, 1.54) is 32.3 Å². The summed E-state index contributed by atoms with van der Waals surface area (Å²) in [5, 5.41) is 12.2. The molecule has 0 amide bonds. The molecule has 14 nitrogen and oxygen atoms in total. The number of hydrazine groups is 1. The molecule has 14 heteroatoms. The van der Waals surface area contributed by atoms with Crippen LogP contribution in [0.1, 0.15) is 44.7 Å². The molecule has 2 aromatic carbocycles. The second kappa shape index (κ2) is 20.2. The van der Waals surface area contributed by atoms with Gasteiger partial charge in [0.25, 0.3) is 0 Å². The number of nitrogens with two attached hydrogens (primary N) is 3. The van der Waals surface area contributed by atoms with Crippen molar-refractivity contribution in [2.75, 3.05) is 40.4 Å². The minimum absolute atomic E-state index is 0.307. The Bertz CT molecular complexity index is 1210. The minimum atomic E-state index is -0.783. The van der Waals surface area contributed by atoms with Gasteiger partial charge >= 0.3 is 17.9 Å². The predicted molar refractivity (Wildman–Crippen MR) is 172 cm³/mol. The minimum Gasteiger partial charge on any atom is -0.468 e. The van der Waals surface area contributed by atoms with Gasteiger partial charge in [0.15, 0.2) is 0 Å². The summed E-state index contributed by atoms with van der Waals surface area (Å²) in [6.07, 6.45) is 0.0736. The number of carbonyl (C=O) groups is 3. The molecule has 46 heavy (non-hydrogen) atoms. The van der Waals surface area contributed by atoms with Crippen LogP contribution in [-0.4, -0.2) is 85.4 Å². The first kappa shape index (κ1) is 40.1. The van der Waals surface area contributed by atoms with E-state index < -0.39 is 23.0 Å². The van der Waals surface area contributed by atoms with Crippen LogP contribution in [0.15, 0.2) is 65.9 Å². The lowest BCUT2D eigenvalue weighted by molar-refractivity contribution is -0.168. The monoisotopic (exact) mass is 645 g/mol.